The first-order valence-electron chi connectivity index (χ1n) is 7.07. The number of nitrogens with zero attached hydrogens (tertiary/aromatic N) is 2. The van der Waals surface area contributed by atoms with Gasteiger partial charge in [0.15, 0.2) is 0 Å². The van der Waals surface area contributed by atoms with Crippen LogP contribution in [0.15, 0.2) is 34.9 Å². The minimum atomic E-state index is -0.0374. The van der Waals surface area contributed by atoms with Gasteiger partial charge in [-0.15, -0.1) is 0 Å². The summed E-state index contributed by atoms with van der Waals surface area (Å²) in [5, 5.41) is 4.62. The summed E-state index contributed by atoms with van der Waals surface area (Å²) in [5.74, 6) is 0. The van der Waals surface area contributed by atoms with Gasteiger partial charge in [0.1, 0.15) is 0 Å². The zero-order valence-electron chi connectivity index (χ0n) is 12.3. The first-order chi connectivity index (χ1) is 9.51. The smallest absolute Gasteiger partial charge is 0.0643 e. The third-order valence-electron chi connectivity index (χ3n) is 3.69. The van der Waals surface area contributed by atoms with Crippen LogP contribution < -0.4 is 5.73 Å². The fourth-order valence-corrected chi connectivity index (χ4v) is 2.74. The SMILES string of the molecule is CCC(C)n1ccc(CC(N)c2cc(C)ccc2Br)n1. The van der Waals surface area contributed by atoms with Crippen molar-refractivity contribution in [3.63, 3.8) is 0 Å². The summed E-state index contributed by atoms with van der Waals surface area (Å²) in [6, 6.07) is 8.74. The van der Waals surface area contributed by atoms with Gasteiger partial charge in [0, 0.05) is 29.2 Å². The Kier molecular flexibility index (Phi) is 5.00. The molecule has 4 heteroatoms. The van der Waals surface area contributed by atoms with Crippen molar-refractivity contribution in [1.29, 1.82) is 0 Å². The molecule has 2 atom stereocenters. The third kappa shape index (κ3) is 3.49. The minimum Gasteiger partial charge on any atom is -0.324 e. The molecule has 0 amide bonds. The second kappa shape index (κ2) is 6.55. The van der Waals surface area contributed by atoms with Crippen LogP contribution in [0, 0.1) is 6.92 Å². The molecule has 0 bridgehead atoms. The second-order valence-electron chi connectivity index (χ2n) is 5.38. The molecule has 0 aliphatic carbocycles. The lowest BCUT2D eigenvalue weighted by Gasteiger charge is -2.14. The van der Waals surface area contributed by atoms with Crippen LogP contribution in [-0.2, 0) is 6.42 Å². The lowest BCUT2D eigenvalue weighted by molar-refractivity contribution is 0.472. The molecular formula is C16H22BrN3. The highest BCUT2D eigenvalue weighted by Crippen LogP contribution is 2.25. The number of halogens is 1. The van der Waals surface area contributed by atoms with E-state index in [2.05, 4.69) is 66.1 Å². The number of benzene rings is 1. The van der Waals surface area contributed by atoms with Crippen molar-refractivity contribution in [2.75, 3.05) is 0 Å². The van der Waals surface area contributed by atoms with Gasteiger partial charge in [0.25, 0.3) is 0 Å². The van der Waals surface area contributed by atoms with Crippen molar-refractivity contribution in [1.82, 2.24) is 9.78 Å². The van der Waals surface area contributed by atoms with Crippen LogP contribution in [0.3, 0.4) is 0 Å². The first kappa shape index (κ1) is 15.3. The van der Waals surface area contributed by atoms with Gasteiger partial charge in [-0.3, -0.25) is 4.68 Å². The number of rotatable bonds is 5. The van der Waals surface area contributed by atoms with Crippen LogP contribution in [0.1, 0.15) is 49.2 Å². The van der Waals surface area contributed by atoms with Crippen LogP contribution in [0.25, 0.3) is 0 Å². The van der Waals surface area contributed by atoms with Gasteiger partial charge in [-0.1, -0.05) is 40.5 Å². The fourth-order valence-electron chi connectivity index (χ4n) is 2.20. The molecule has 2 rings (SSSR count). The van der Waals surface area contributed by atoms with Crippen LogP contribution in [0.5, 0.6) is 0 Å². The van der Waals surface area contributed by atoms with Gasteiger partial charge in [0.2, 0.25) is 0 Å². The molecule has 2 aromatic rings. The zero-order chi connectivity index (χ0) is 14.7. The lowest BCUT2D eigenvalue weighted by atomic mass is 10.0. The van der Waals surface area contributed by atoms with E-state index in [0.29, 0.717) is 6.04 Å². The molecule has 0 saturated carbocycles. The van der Waals surface area contributed by atoms with E-state index in [-0.39, 0.29) is 6.04 Å². The van der Waals surface area contributed by atoms with Crippen molar-refractivity contribution >= 4 is 15.9 Å². The van der Waals surface area contributed by atoms with Crippen molar-refractivity contribution in [2.45, 2.75) is 45.7 Å². The summed E-state index contributed by atoms with van der Waals surface area (Å²) in [4.78, 5) is 0. The van der Waals surface area contributed by atoms with Crippen molar-refractivity contribution in [3.05, 3.63) is 51.8 Å². The van der Waals surface area contributed by atoms with Gasteiger partial charge >= 0.3 is 0 Å². The molecule has 3 nitrogen and oxygen atoms in total. The number of hydrogen-bond donors (Lipinski definition) is 1. The van der Waals surface area contributed by atoms with Crippen molar-refractivity contribution in [3.8, 4) is 0 Å². The number of aromatic nitrogens is 2. The molecule has 1 aromatic heterocycles. The Hall–Kier alpha value is -1.13. The highest BCUT2D eigenvalue weighted by atomic mass is 79.9. The maximum Gasteiger partial charge on any atom is 0.0643 e. The highest BCUT2D eigenvalue weighted by Gasteiger charge is 2.13. The van der Waals surface area contributed by atoms with Gasteiger partial charge in [-0.25, -0.2) is 0 Å². The molecular weight excluding hydrogens is 314 g/mol. The summed E-state index contributed by atoms with van der Waals surface area (Å²) in [5.41, 5.74) is 9.75. The van der Waals surface area contributed by atoms with Crippen LogP contribution >= 0.6 is 15.9 Å². The normalized spacial score (nSPS) is 14.2. The molecule has 0 radical (unpaired) electrons. The molecule has 0 aliphatic heterocycles. The predicted octanol–water partition coefficient (Wildman–Crippen LogP) is 4.17. The Bertz CT molecular complexity index is 577. The maximum absolute atomic E-state index is 6.34. The second-order valence-corrected chi connectivity index (χ2v) is 6.23. The molecule has 2 unspecified atom stereocenters. The molecule has 2 N–H and O–H groups in total. The first-order valence-corrected chi connectivity index (χ1v) is 7.86. The average molecular weight is 336 g/mol. The van der Waals surface area contributed by atoms with E-state index in [0.717, 1.165) is 28.6 Å². The number of nitrogens with two attached hydrogens (primary N) is 1. The van der Waals surface area contributed by atoms with Crippen molar-refractivity contribution < 1.29 is 0 Å². The van der Waals surface area contributed by atoms with E-state index < -0.39 is 0 Å². The van der Waals surface area contributed by atoms with E-state index in [1.165, 1.54) is 5.56 Å². The number of hydrogen-bond acceptors (Lipinski definition) is 2. The van der Waals surface area contributed by atoms with Gasteiger partial charge < -0.3 is 5.73 Å². The topological polar surface area (TPSA) is 43.8 Å². The Morgan fingerprint density at radius 1 is 1.35 bits per heavy atom. The predicted molar refractivity (Wildman–Crippen MR) is 86.7 cm³/mol. The standard InChI is InChI=1S/C16H22BrN3/c1-4-12(3)20-8-7-13(19-20)10-16(18)14-9-11(2)5-6-15(14)17/h5-9,12,16H,4,10,18H2,1-3H3. The van der Waals surface area contributed by atoms with Gasteiger partial charge in [-0.2, -0.15) is 5.10 Å². The lowest BCUT2D eigenvalue weighted by Crippen LogP contribution is -2.15. The summed E-state index contributed by atoms with van der Waals surface area (Å²) < 4.78 is 3.09. The summed E-state index contributed by atoms with van der Waals surface area (Å²) in [7, 11) is 0. The van der Waals surface area contributed by atoms with Crippen LogP contribution in [0.4, 0.5) is 0 Å². The van der Waals surface area contributed by atoms with E-state index >= 15 is 0 Å². The molecule has 108 valence electrons. The quantitative estimate of drug-likeness (QED) is 0.891. The summed E-state index contributed by atoms with van der Waals surface area (Å²) in [6.45, 7) is 6.43. The van der Waals surface area contributed by atoms with Gasteiger partial charge in [-0.05, 0) is 38.0 Å². The Morgan fingerprint density at radius 2 is 2.10 bits per heavy atom. The Balaban J connectivity index is 2.13. The van der Waals surface area contributed by atoms with Crippen LogP contribution in [-0.4, -0.2) is 9.78 Å². The van der Waals surface area contributed by atoms with E-state index in [9.17, 15) is 0 Å². The van der Waals surface area contributed by atoms with Gasteiger partial charge in [0.05, 0.1) is 5.69 Å². The Morgan fingerprint density at radius 3 is 2.80 bits per heavy atom. The average Bonchev–Trinajstić information content (AvgIpc) is 2.89. The highest BCUT2D eigenvalue weighted by molar-refractivity contribution is 9.10. The number of aryl methyl sites for hydroxylation is 1. The molecule has 0 saturated heterocycles. The molecule has 0 spiro atoms. The van der Waals surface area contributed by atoms with Crippen molar-refractivity contribution in [2.24, 2.45) is 5.73 Å². The fraction of sp³-hybridized carbons (Fsp3) is 0.438. The van der Waals surface area contributed by atoms with Crippen LogP contribution in [0.2, 0.25) is 0 Å². The van der Waals surface area contributed by atoms with E-state index in [4.69, 9.17) is 5.73 Å². The summed E-state index contributed by atoms with van der Waals surface area (Å²) in [6.07, 6.45) is 3.88. The zero-order valence-corrected chi connectivity index (χ0v) is 13.9. The monoisotopic (exact) mass is 335 g/mol. The molecule has 1 aromatic carbocycles. The van der Waals surface area contributed by atoms with E-state index in [1.54, 1.807) is 0 Å². The molecule has 1 heterocycles. The Labute approximate surface area is 129 Å². The largest absolute Gasteiger partial charge is 0.324 e. The molecule has 20 heavy (non-hydrogen) atoms. The summed E-state index contributed by atoms with van der Waals surface area (Å²) >= 11 is 3.58. The maximum atomic E-state index is 6.34. The minimum absolute atomic E-state index is 0.0374. The molecule has 0 aliphatic rings. The molecule has 0 fully saturated rings. The van der Waals surface area contributed by atoms with E-state index in [1.807, 2.05) is 10.9 Å². The third-order valence-corrected chi connectivity index (χ3v) is 4.41.